The Balaban J connectivity index is 1.56. The van der Waals surface area contributed by atoms with Gasteiger partial charge in [0.1, 0.15) is 0 Å². The summed E-state index contributed by atoms with van der Waals surface area (Å²) in [4.78, 5) is 12.7. The van der Waals surface area contributed by atoms with Crippen molar-refractivity contribution in [3.8, 4) is 51.6 Å². The predicted molar refractivity (Wildman–Crippen MR) is 159 cm³/mol. The molecule has 0 fully saturated rings. The number of nitrogens with zero attached hydrogens (tertiary/aromatic N) is 4. The summed E-state index contributed by atoms with van der Waals surface area (Å²) in [6.07, 6.45) is 1.49. The largest absolute Gasteiger partial charge is 0.493 e. The van der Waals surface area contributed by atoms with Crippen molar-refractivity contribution in [1.29, 1.82) is 0 Å². The summed E-state index contributed by atoms with van der Waals surface area (Å²) in [6, 6.07) is 16.6. The number of nitrogens with one attached hydrogen (secondary N) is 1. The Morgan fingerprint density at radius 1 is 0.810 bits per heavy atom. The molecule has 1 N–H and O–H groups in total. The van der Waals surface area contributed by atoms with E-state index in [-0.39, 0.29) is 11.7 Å². The van der Waals surface area contributed by atoms with Gasteiger partial charge in [0.15, 0.2) is 34.0 Å². The number of ether oxygens (including phenoxy) is 6. The molecule has 3 aromatic carbocycles. The summed E-state index contributed by atoms with van der Waals surface area (Å²) in [6.45, 7) is 0. The third kappa shape index (κ3) is 6.52. The Morgan fingerprint density at radius 3 is 1.88 bits per heavy atom. The number of hydrazone groups is 1. The molecular weight excluding hydrogens is 562 g/mol. The molecule has 42 heavy (non-hydrogen) atoms. The van der Waals surface area contributed by atoms with Gasteiger partial charge in [-0.15, -0.1) is 10.2 Å². The second kappa shape index (κ2) is 14.1. The number of carbonyl (C=O) groups excluding carboxylic acids is 1. The predicted octanol–water partition coefficient (Wildman–Crippen LogP) is 4.23. The number of benzene rings is 3. The number of methoxy groups -OCH3 is 6. The van der Waals surface area contributed by atoms with Crippen LogP contribution in [-0.2, 0) is 4.79 Å². The molecule has 1 heterocycles. The van der Waals surface area contributed by atoms with Gasteiger partial charge in [0, 0.05) is 16.8 Å². The average Bonchev–Trinajstić information content (AvgIpc) is 3.46. The van der Waals surface area contributed by atoms with Crippen LogP contribution in [0.25, 0.3) is 17.1 Å². The lowest BCUT2D eigenvalue weighted by Crippen LogP contribution is -2.20. The maximum Gasteiger partial charge on any atom is 0.250 e. The first kappa shape index (κ1) is 30.1. The molecule has 12 nitrogen and oxygen atoms in total. The molecule has 0 aliphatic carbocycles. The lowest BCUT2D eigenvalue weighted by atomic mass is 10.1. The molecule has 0 aliphatic heterocycles. The Labute approximate surface area is 247 Å². The normalized spacial score (nSPS) is 10.8. The minimum atomic E-state index is -0.333. The molecule has 0 spiro atoms. The number of amides is 1. The van der Waals surface area contributed by atoms with Crippen LogP contribution in [0.15, 0.2) is 64.9 Å². The molecule has 1 aromatic heterocycles. The van der Waals surface area contributed by atoms with E-state index in [1.54, 1.807) is 45.6 Å². The van der Waals surface area contributed by atoms with E-state index in [1.165, 1.54) is 39.3 Å². The fourth-order valence-corrected chi connectivity index (χ4v) is 4.83. The number of thioether (sulfide) groups is 1. The molecule has 4 rings (SSSR count). The van der Waals surface area contributed by atoms with E-state index in [4.69, 9.17) is 28.4 Å². The summed E-state index contributed by atoms with van der Waals surface area (Å²) >= 11 is 1.22. The van der Waals surface area contributed by atoms with Crippen molar-refractivity contribution in [1.82, 2.24) is 20.2 Å². The zero-order valence-corrected chi connectivity index (χ0v) is 24.9. The second-order valence-electron chi connectivity index (χ2n) is 8.43. The van der Waals surface area contributed by atoms with Crippen LogP contribution in [0, 0.1) is 0 Å². The van der Waals surface area contributed by atoms with Crippen LogP contribution < -0.4 is 33.8 Å². The van der Waals surface area contributed by atoms with E-state index in [1.807, 2.05) is 34.9 Å². The molecule has 0 unspecified atom stereocenters. The quantitative estimate of drug-likeness (QED) is 0.137. The van der Waals surface area contributed by atoms with E-state index in [2.05, 4.69) is 20.7 Å². The summed E-state index contributed by atoms with van der Waals surface area (Å²) in [5, 5.41) is 13.4. The van der Waals surface area contributed by atoms with Gasteiger partial charge in [0.25, 0.3) is 5.91 Å². The maximum atomic E-state index is 12.7. The third-order valence-electron chi connectivity index (χ3n) is 5.99. The van der Waals surface area contributed by atoms with Gasteiger partial charge in [0.05, 0.1) is 54.6 Å². The number of hydrogen-bond donors (Lipinski definition) is 1. The fraction of sp³-hybridized carbons (Fsp3) is 0.241. The molecule has 0 saturated heterocycles. The van der Waals surface area contributed by atoms with Gasteiger partial charge in [-0.3, -0.25) is 9.36 Å². The number of para-hydroxylation sites is 1. The van der Waals surface area contributed by atoms with E-state index in [0.717, 1.165) is 5.69 Å². The Bertz CT molecular complexity index is 1510. The van der Waals surface area contributed by atoms with Crippen molar-refractivity contribution in [2.45, 2.75) is 5.16 Å². The van der Waals surface area contributed by atoms with Crippen molar-refractivity contribution in [3.05, 3.63) is 60.2 Å². The van der Waals surface area contributed by atoms with Crippen LogP contribution >= 0.6 is 11.8 Å². The standard InChI is InChI=1S/C29H31N5O7S/c1-36-21-12-18(13-22(37-2)26(21)40-5)16-30-31-25(35)17-42-29-33-32-28(34(29)20-10-8-7-9-11-20)19-14-23(38-3)27(41-6)24(15-19)39-4/h7-16H,17H2,1-6H3,(H,31,35). The number of rotatable bonds is 13. The highest BCUT2D eigenvalue weighted by atomic mass is 32.2. The summed E-state index contributed by atoms with van der Waals surface area (Å²) in [7, 11) is 9.22. The number of aromatic nitrogens is 3. The molecule has 0 aliphatic rings. The zero-order chi connectivity index (χ0) is 30.1. The van der Waals surface area contributed by atoms with Crippen molar-refractivity contribution in [2.75, 3.05) is 48.4 Å². The Hall–Kier alpha value is -4.91. The molecular formula is C29H31N5O7S. The van der Waals surface area contributed by atoms with Crippen LogP contribution in [0.5, 0.6) is 34.5 Å². The lowest BCUT2D eigenvalue weighted by molar-refractivity contribution is -0.118. The molecule has 0 bridgehead atoms. The van der Waals surface area contributed by atoms with Crippen LogP contribution in [0.3, 0.4) is 0 Å². The monoisotopic (exact) mass is 593 g/mol. The van der Waals surface area contributed by atoms with E-state index in [0.29, 0.717) is 56.6 Å². The van der Waals surface area contributed by atoms with Gasteiger partial charge in [0.2, 0.25) is 11.5 Å². The molecule has 0 atom stereocenters. The van der Waals surface area contributed by atoms with Gasteiger partial charge >= 0.3 is 0 Å². The van der Waals surface area contributed by atoms with Crippen molar-refractivity contribution in [2.24, 2.45) is 5.10 Å². The highest BCUT2D eigenvalue weighted by molar-refractivity contribution is 7.99. The fourth-order valence-electron chi connectivity index (χ4n) is 4.09. The minimum absolute atomic E-state index is 0.0345. The van der Waals surface area contributed by atoms with Gasteiger partial charge in [-0.1, -0.05) is 30.0 Å². The third-order valence-corrected chi connectivity index (χ3v) is 6.92. The topological polar surface area (TPSA) is 128 Å². The van der Waals surface area contributed by atoms with Crippen molar-refractivity contribution < 1.29 is 33.2 Å². The molecule has 0 radical (unpaired) electrons. The molecule has 13 heteroatoms. The first-order chi connectivity index (χ1) is 20.5. The first-order valence-electron chi connectivity index (χ1n) is 12.5. The Morgan fingerprint density at radius 2 is 1.36 bits per heavy atom. The summed E-state index contributed by atoms with van der Waals surface area (Å²) in [5.74, 6) is 3.07. The van der Waals surface area contributed by atoms with E-state index >= 15 is 0 Å². The van der Waals surface area contributed by atoms with Gasteiger partial charge in [-0.2, -0.15) is 5.10 Å². The SMILES string of the molecule is COc1cc(C=NNC(=O)CSc2nnc(-c3cc(OC)c(OC)c(OC)c3)n2-c2ccccc2)cc(OC)c1OC. The number of carbonyl (C=O) groups is 1. The summed E-state index contributed by atoms with van der Waals surface area (Å²) < 4.78 is 34.4. The van der Waals surface area contributed by atoms with Crippen LogP contribution in [0.4, 0.5) is 0 Å². The smallest absolute Gasteiger partial charge is 0.250 e. The second-order valence-corrected chi connectivity index (χ2v) is 9.37. The van der Waals surface area contributed by atoms with Crippen LogP contribution in [0.1, 0.15) is 5.56 Å². The van der Waals surface area contributed by atoms with Gasteiger partial charge in [-0.05, 0) is 36.4 Å². The summed E-state index contributed by atoms with van der Waals surface area (Å²) in [5.41, 5.74) is 4.69. The van der Waals surface area contributed by atoms with Gasteiger partial charge in [-0.25, -0.2) is 5.43 Å². The molecule has 1 amide bonds. The van der Waals surface area contributed by atoms with Crippen LogP contribution in [-0.4, -0.2) is 75.3 Å². The highest BCUT2D eigenvalue weighted by Gasteiger charge is 2.21. The maximum absolute atomic E-state index is 12.7. The minimum Gasteiger partial charge on any atom is -0.493 e. The van der Waals surface area contributed by atoms with Gasteiger partial charge < -0.3 is 28.4 Å². The molecule has 0 saturated carbocycles. The first-order valence-corrected chi connectivity index (χ1v) is 13.5. The zero-order valence-electron chi connectivity index (χ0n) is 24.0. The highest BCUT2D eigenvalue weighted by Crippen LogP contribution is 2.42. The average molecular weight is 594 g/mol. The number of hydrogen-bond acceptors (Lipinski definition) is 11. The molecule has 220 valence electrons. The lowest BCUT2D eigenvalue weighted by Gasteiger charge is -2.15. The van der Waals surface area contributed by atoms with Crippen molar-refractivity contribution in [3.63, 3.8) is 0 Å². The van der Waals surface area contributed by atoms with E-state index in [9.17, 15) is 4.79 Å². The van der Waals surface area contributed by atoms with Crippen LogP contribution in [0.2, 0.25) is 0 Å². The Kier molecular flexibility index (Phi) is 10.1. The van der Waals surface area contributed by atoms with E-state index < -0.39 is 0 Å². The molecule has 4 aromatic rings. The van der Waals surface area contributed by atoms with Crippen molar-refractivity contribution >= 4 is 23.9 Å².